The molecule has 0 aliphatic heterocycles. The van der Waals surface area contributed by atoms with Crippen LogP contribution in [0.2, 0.25) is 0 Å². The highest BCUT2D eigenvalue weighted by atomic mass is 79.9. The van der Waals surface area contributed by atoms with Crippen LogP contribution in [0.1, 0.15) is 11.1 Å². The van der Waals surface area contributed by atoms with Gasteiger partial charge in [0.05, 0.1) is 12.2 Å². The maximum Gasteiger partial charge on any atom is 0.144 e. The zero-order chi connectivity index (χ0) is 13.7. The summed E-state index contributed by atoms with van der Waals surface area (Å²) in [5.74, 6) is -0.114. The Labute approximate surface area is 119 Å². The Morgan fingerprint density at radius 1 is 1.16 bits per heavy atom. The fourth-order valence-electron chi connectivity index (χ4n) is 1.61. The third-order valence-electron chi connectivity index (χ3n) is 2.63. The lowest BCUT2D eigenvalue weighted by atomic mass is 10.2. The molecule has 96 valence electrons. The molecular formula is C15H11BrFNO. The first-order chi connectivity index (χ1) is 9.19. The molecule has 2 rings (SSSR count). The van der Waals surface area contributed by atoms with E-state index in [-0.39, 0.29) is 5.56 Å². The highest BCUT2D eigenvalue weighted by Crippen LogP contribution is 2.16. The average molecular weight is 320 g/mol. The lowest BCUT2D eigenvalue weighted by Crippen LogP contribution is -2.01. The van der Waals surface area contributed by atoms with E-state index in [0.29, 0.717) is 12.4 Å². The number of ether oxygens (including phenoxy) is 1. The molecule has 0 saturated heterocycles. The summed E-state index contributed by atoms with van der Waals surface area (Å²) in [6, 6.07) is 14.0. The van der Waals surface area contributed by atoms with Gasteiger partial charge in [0.2, 0.25) is 0 Å². The van der Waals surface area contributed by atoms with Crippen LogP contribution in [0, 0.1) is 17.1 Å². The van der Waals surface area contributed by atoms with Crippen LogP contribution >= 0.6 is 15.9 Å². The summed E-state index contributed by atoms with van der Waals surface area (Å²) in [4.78, 5) is 0. The van der Waals surface area contributed by atoms with Crippen molar-refractivity contribution in [3.05, 3.63) is 63.9 Å². The third-order valence-corrected chi connectivity index (χ3v) is 3.16. The van der Waals surface area contributed by atoms with Gasteiger partial charge in [-0.15, -0.1) is 0 Å². The van der Waals surface area contributed by atoms with Gasteiger partial charge in [-0.3, -0.25) is 0 Å². The zero-order valence-corrected chi connectivity index (χ0v) is 11.7. The second-order valence-corrected chi connectivity index (χ2v) is 4.89. The van der Waals surface area contributed by atoms with Crippen molar-refractivity contribution in [1.82, 2.24) is 0 Å². The normalized spacial score (nSPS) is 9.95. The predicted octanol–water partition coefficient (Wildman–Crippen LogP) is 4.08. The first kappa shape index (κ1) is 13.6. The molecule has 2 aromatic rings. The van der Waals surface area contributed by atoms with Crippen LogP contribution in [0.5, 0.6) is 5.75 Å². The van der Waals surface area contributed by atoms with Crippen molar-refractivity contribution >= 4 is 15.9 Å². The lowest BCUT2D eigenvalue weighted by molar-refractivity contribution is 0.320. The lowest BCUT2D eigenvalue weighted by Gasteiger charge is -2.07. The molecule has 2 nitrogen and oxygen atoms in total. The average Bonchev–Trinajstić information content (AvgIpc) is 2.41. The molecular weight excluding hydrogens is 309 g/mol. The van der Waals surface area contributed by atoms with Crippen molar-refractivity contribution < 1.29 is 9.13 Å². The predicted molar refractivity (Wildman–Crippen MR) is 74.5 cm³/mol. The monoisotopic (exact) mass is 319 g/mol. The fraction of sp³-hybridized carbons (Fsp3) is 0.133. The summed E-state index contributed by atoms with van der Waals surface area (Å²) >= 11 is 3.37. The van der Waals surface area contributed by atoms with Crippen molar-refractivity contribution in [2.24, 2.45) is 0 Å². The Kier molecular flexibility index (Phi) is 4.53. The maximum atomic E-state index is 13.3. The molecule has 0 bridgehead atoms. The second kappa shape index (κ2) is 6.35. The fourth-order valence-corrected chi connectivity index (χ4v) is 1.88. The Hall–Kier alpha value is -1.86. The van der Waals surface area contributed by atoms with E-state index < -0.39 is 5.82 Å². The van der Waals surface area contributed by atoms with Gasteiger partial charge in [-0.2, -0.15) is 5.26 Å². The molecule has 0 amide bonds. The quantitative estimate of drug-likeness (QED) is 0.850. The van der Waals surface area contributed by atoms with Crippen LogP contribution in [0.4, 0.5) is 4.39 Å². The van der Waals surface area contributed by atoms with Gasteiger partial charge in [0.15, 0.2) is 0 Å². The zero-order valence-electron chi connectivity index (χ0n) is 10.1. The first-order valence-corrected chi connectivity index (χ1v) is 6.55. The molecule has 0 fully saturated rings. The number of hydrogen-bond donors (Lipinski definition) is 0. The van der Waals surface area contributed by atoms with Crippen LogP contribution in [-0.4, -0.2) is 6.61 Å². The number of nitrogens with zero attached hydrogens (tertiary/aromatic N) is 1. The molecule has 0 heterocycles. The van der Waals surface area contributed by atoms with Crippen molar-refractivity contribution in [1.29, 1.82) is 5.26 Å². The van der Waals surface area contributed by atoms with Crippen LogP contribution in [0.25, 0.3) is 0 Å². The minimum absolute atomic E-state index is 0.0280. The Morgan fingerprint density at radius 2 is 1.89 bits per heavy atom. The van der Waals surface area contributed by atoms with Gasteiger partial charge in [-0.05, 0) is 29.8 Å². The number of nitriles is 1. The molecule has 0 unspecified atom stereocenters. The molecule has 4 heteroatoms. The van der Waals surface area contributed by atoms with E-state index in [0.717, 1.165) is 16.5 Å². The van der Waals surface area contributed by atoms with Gasteiger partial charge in [-0.25, -0.2) is 4.39 Å². The van der Waals surface area contributed by atoms with Gasteiger partial charge >= 0.3 is 0 Å². The SMILES string of the molecule is N#Cc1ccc(OCCc2ccc(Br)cc2)cc1F. The maximum absolute atomic E-state index is 13.3. The van der Waals surface area contributed by atoms with E-state index in [9.17, 15) is 4.39 Å². The highest BCUT2D eigenvalue weighted by Gasteiger charge is 2.03. The molecule has 0 atom stereocenters. The van der Waals surface area contributed by atoms with Crippen LogP contribution in [0.3, 0.4) is 0 Å². The molecule has 0 aliphatic carbocycles. The van der Waals surface area contributed by atoms with Crippen LogP contribution < -0.4 is 4.74 Å². The summed E-state index contributed by atoms with van der Waals surface area (Å²) in [7, 11) is 0. The number of halogens is 2. The molecule has 2 aromatic carbocycles. The van der Waals surface area contributed by atoms with Crippen molar-refractivity contribution in [3.8, 4) is 11.8 Å². The first-order valence-electron chi connectivity index (χ1n) is 5.76. The summed E-state index contributed by atoms with van der Waals surface area (Å²) in [5.41, 5.74) is 1.18. The van der Waals surface area contributed by atoms with Crippen molar-refractivity contribution in [2.45, 2.75) is 6.42 Å². The Bertz CT molecular complexity index is 605. The minimum Gasteiger partial charge on any atom is -0.493 e. The number of benzene rings is 2. The van der Waals surface area contributed by atoms with E-state index in [4.69, 9.17) is 10.00 Å². The van der Waals surface area contributed by atoms with Gasteiger partial charge in [0.1, 0.15) is 17.6 Å². The summed E-state index contributed by atoms with van der Waals surface area (Å²) in [5, 5.41) is 8.62. The van der Waals surface area contributed by atoms with Crippen molar-refractivity contribution in [3.63, 3.8) is 0 Å². The van der Waals surface area contributed by atoms with Gasteiger partial charge in [-0.1, -0.05) is 28.1 Å². The van der Waals surface area contributed by atoms with E-state index >= 15 is 0 Å². The number of hydrogen-bond acceptors (Lipinski definition) is 2. The summed E-state index contributed by atoms with van der Waals surface area (Å²) in [6.45, 7) is 0.465. The summed E-state index contributed by atoms with van der Waals surface area (Å²) in [6.07, 6.45) is 0.745. The van der Waals surface area contributed by atoms with Gasteiger partial charge in [0.25, 0.3) is 0 Å². The largest absolute Gasteiger partial charge is 0.493 e. The second-order valence-electron chi connectivity index (χ2n) is 3.98. The molecule has 0 aromatic heterocycles. The standard InChI is InChI=1S/C15H11BrFNO/c16-13-4-1-11(2-5-13)7-8-19-14-6-3-12(10-18)15(17)9-14/h1-6,9H,7-8H2. The van der Waals surface area contributed by atoms with Gasteiger partial charge in [0, 0.05) is 17.0 Å². The van der Waals surface area contributed by atoms with E-state index in [1.807, 2.05) is 24.3 Å². The smallest absolute Gasteiger partial charge is 0.144 e. The highest BCUT2D eigenvalue weighted by molar-refractivity contribution is 9.10. The topological polar surface area (TPSA) is 33.0 Å². The van der Waals surface area contributed by atoms with Crippen molar-refractivity contribution in [2.75, 3.05) is 6.61 Å². The molecule has 0 radical (unpaired) electrons. The Morgan fingerprint density at radius 3 is 2.53 bits per heavy atom. The molecule has 0 saturated carbocycles. The molecule has 19 heavy (non-hydrogen) atoms. The van der Waals surface area contributed by atoms with Crippen LogP contribution in [0.15, 0.2) is 46.9 Å². The third kappa shape index (κ3) is 3.80. The number of rotatable bonds is 4. The molecule has 0 aliphatic rings. The molecule has 0 spiro atoms. The van der Waals surface area contributed by atoms with Crippen LogP contribution in [-0.2, 0) is 6.42 Å². The minimum atomic E-state index is -0.552. The summed E-state index contributed by atoms with van der Waals surface area (Å²) < 4.78 is 19.8. The van der Waals surface area contributed by atoms with Gasteiger partial charge < -0.3 is 4.74 Å². The van der Waals surface area contributed by atoms with E-state index in [1.54, 1.807) is 12.1 Å². The van der Waals surface area contributed by atoms with E-state index in [2.05, 4.69) is 15.9 Å². The molecule has 0 N–H and O–H groups in total. The van der Waals surface area contributed by atoms with E-state index in [1.165, 1.54) is 12.1 Å². The Balaban J connectivity index is 1.91.